The fourth-order valence-corrected chi connectivity index (χ4v) is 4.17. The van der Waals surface area contributed by atoms with Crippen molar-refractivity contribution in [1.29, 1.82) is 0 Å². The highest BCUT2D eigenvalue weighted by Crippen LogP contribution is 2.13. The molecule has 0 bridgehead atoms. The summed E-state index contributed by atoms with van der Waals surface area (Å²) in [6.45, 7) is 0. The van der Waals surface area contributed by atoms with Crippen LogP contribution in [0.5, 0.6) is 0 Å². The van der Waals surface area contributed by atoms with Crippen LogP contribution in [0.1, 0.15) is 25.7 Å². The Bertz CT molecular complexity index is 1500. The molecule has 1 aromatic rings. The Labute approximate surface area is 263 Å². The van der Waals surface area contributed by atoms with Crippen LogP contribution in [-0.2, 0) is 48.4 Å². The number of sulfonamides is 1. The lowest BCUT2D eigenvalue weighted by molar-refractivity contribution is -0.148. The molecule has 0 saturated heterocycles. The molecule has 0 aliphatic heterocycles. The lowest BCUT2D eigenvalue weighted by atomic mass is 10.1. The molecule has 0 unspecified atom stereocenters. The van der Waals surface area contributed by atoms with Crippen molar-refractivity contribution in [2.75, 3.05) is 5.32 Å². The minimum Gasteiger partial charge on any atom is -0.481 e. The van der Waals surface area contributed by atoms with Gasteiger partial charge in [-0.05, 0) is 36.5 Å². The third kappa shape index (κ3) is 13.9. The van der Waals surface area contributed by atoms with E-state index in [1.807, 2.05) is 10.6 Å². The molecule has 0 heterocycles. The number of nitrogens with two attached hydrogens (primary N) is 1. The number of carboxylic acid groups (broad SMARTS) is 5. The standard InChI is InChI=1S/C23H28N6O15S2/c24-46(43,44)10-3-1-9(2-4-10)25-23(45)29-13(7-17(34)35)21(40)27-11(5-15(30)31)19(38)26-12(6-16(32)33)20(39)28-14(22(41)42)8-18(36)37/h1-4,11-14H,5-8H2,(H,26,38)(H,27,40)(H,28,39)(H,30,31)(H,32,33)(H,34,35)(H,36,37)(H,41,42)(H2,24,43,44)(H2,25,29,45)/t11-,12-,13-,14-/m0/s1. The number of hydrogen-bond acceptors (Lipinski definition) is 11. The van der Waals surface area contributed by atoms with Crippen LogP contribution in [0.2, 0.25) is 0 Å². The summed E-state index contributed by atoms with van der Waals surface area (Å²) < 4.78 is 22.8. The maximum Gasteiger partial charge on any atom is 0.326 e. The van der Waals surface area contributed by atoms with E-state index in [0.717, 1.165) is 12.1 Å². The molecule has 1 aromatic carbocycles. The van der Waals surface area contributed by atoms with Crippen molar-refractivity contribution in [3.63, 3.8) is 0 Å². The van der Waals surface area contributed by atoms with Crippen molar-refractivity contribution in [2.45, 2.75) is 54.7 Å². The van der Waals surface area contributed by atoms with E-state index in [1.165, 1.54) is 12.1 Å². The van der Waals surface area contributed by atoms with Gasteiger partial charge in [0.25, 0.3) is 0 Å². The Morgan fingerprint density at radius 1 is 0.609 bits per heavy atom. The zero-order valence-electron chi connectivity index (χ0n) is 23.2. The summed E-state index contributed by atoms with van der Waals surface area (Å²) in [4.78, 5) is 94.5. The van der Waals surface area contributed by atoms with Crippen LogP contribution in [0, 0.1) is 0 Å². The molecule has 252 valence electrons. The van der Waals surface area contributed by atoms with E-state index in [9.17, 15) is 57.0 Å². The van der Waals surface area contributed by atoms with Gasteiger partial charge in [0.2, 0.25) is 27.7 Å². The number of carbonyl (C=O) groups excluding carboxylic acids is 3. The summed E-state index contributed by atoms with van der Waals surface area (Å²) >= 11 is 5.04. The van der Waals surface area contributed by atoms with Gasteiger partial charge in [-0.3, -0.25) is 33.6 Å². The number of primary sulfonamides is 1. The molecule has 0 aliphatic rings. The van der Waals surface area contributed by atoms with Crippen LogP contribution < -0.4 is 31.7 Å². The molecular weight excluding hydrogens is 664 g/mol. The number of aliphatic carboxylic acids is 5. The van der Waals surface area contributed by atoms with Crippen LogP contribution in [-0.4, -0.2) is 111 Å². The highest BCUT2D eigenvalue weighted by Gasteiger charge is 2.34. The molecule has 0 spiro atoms. The Morgan fingerprint density at radius 2 is 0.935 bits per heavy atom. The molecule has 0 radical (unpaired) electrons. The zero-order chi connectivity index (χ0) is 35.4. The average Bonchev–Trinajstić information content (AvgIpc) is 2.90. The van der Waals surface area contributed by atoms with E-state index in [2.05, 4.69) is 10.6 Å². The van der Waals surface area contributed by atoms with Gasteiger partial charge in [0.05, 0.1) is 30.6 Å². The molecule has 46 heavy (non-hydrogen) atoms. The first kappa shape index (κ1) is 38.6. The molecule has 23 heteroatoms. The number of hydrogen-bond donors (Lipinski definition) is 11. The normalized spacial score (nSPS) is 13.4. The SMILES string of the molecule is NS(=O)(=O)c1ccc(NC(=S)N[C@@H](CC(=O)O)C(=O)N[C@@H](CC(=O)O)C(=O)N[C@@H](CC(=O)O)C(=O)N[C@@H](CC(=O)O)C(=O)O)cc1. The number of thiocarbonyl (C=S) groups is 1. The second-order valence-electron chi connectivity index (χ2n) is 9.13. The molecule has 4 atom stereocenters. The maximum absolute atomic E-state index is 13.0. The van der Waals surface area contributed by atoms with Crippen molar-refractivity contribution in [3.05, 3.63) is 24.3 Å². The fourth-order valence-electron chi connectivity index (χ4n) is 3.40. The van der Waals surface area contributed by atoms with Gasteiger partial charge in [0, 0.05) is 5.69 Å². The van der Waals surface area contributed by atoms with Crippen LogP contribution in [0.4, 0.5) is 5.69 Å². The minimum atomic E-state index is -4.02. The van der Waals surface area contributed by atoms with E-state index in [4.69, 9.17) is 32.7 Å². The predicted octanol–water partition coefficient (Wildman–Crippen LogP) is -3.57. The van der Waals surface area contributed by atoms with Gasteiger partial charge >= 0.3 is 29.8 Å². The van der Waals surface area contributed by atoms with Gasteiger partial charge in [0.15, 0.2) is 5.11 Å². The van der Waals surface area contributed by atoms with E-state index >= 15 is 0 Å². The number of anilines is 1. The van der Waals surface area contributed by atoms with Gasteiger partial charge in [-0.25, -0.2) is 18.4 Å². The van der Waals surface area contributed by atoms with Crippen molar-refractivity contribution in [2.24, 2.45) is 5.14 Å². The molecule has 12 N–H and O–H groups in total. The van der Waals surface area contributed by atoms with E-state index < -0.39 is 107 Å². The highest BCUT2D eigenvalue weighted by atomic mass is 32.2. The molecule has 0 saturated carbocycles. The molecule has 3 amide bonds. The molecule has 1 rings (SSSR count). The Morgan fingerprint density at radius 3 is 1.26 bits per heavy atom. The summed E-state index contributed by atoms with van der Waals surface area (Å²) in [6, 6.07) is -3.26. The van der Waals surface area contributed by atoms with Crippen LogP contribution in [0.25, 0.3) is 0 Å². The topological polar surface area (TPSA) is 358 Å². The van der Waals surface area contributed by atoms with Gasteiger partial charge in [0.1, 0.15) is 24.2 Å². The van der Waals surface area contributed by atoms with Crippen LogP contribution in [0.3, 0.4) is 0 Å². The third-order valence-corrected chi connectivity index (χ3v) is 6.61. The van der Waals surface area contributed by atoms with E-state index in [-0.39, 0.29) is 15.7 Å². The van der Waals surface area contributed by atoms with Gasteiger partial charge in [-0.1, -0.05) is 0 Å². The van der Waals surface area contributed by atoms with Crippen molar-refractivity contribution >= 4 is 80.6 Å². The second kappa shape index (κ2) is 17.2. The first-order valence-electron chi connectivity index (χ1n) is 12.4. The minimum absolute atomic E-state index is 0.166. The highest BCUT2D eigenvalue weighted by molar-refractivity contribution is 7.89. The van der Waals surface area contributed by atoms with Crippen molar-refractivity contribution in [1.82, 2.24) is 21.3 Å². The van der Waals surface area contributed by atoms with Gasteiger partial charge in [-0.15, -0.1) is 0 Å². The smallest absolute Gasteiger partial charge is 0.326 e. The Balaban J connectivity index is 3.15. The fraction of sp³-hybridized carbons (Fsp3) is 0.348. The van der Waals surface area contributed by atoms with E-state index in [1.54, 1.807) is 5.32 Å². The monoisotopic (exact) mass is 692 g/mol. The number of carbonyl (C=O) groups is 8. The molecule has 0 fully saturated rings. The lowest BCUT2D eigenvalue weighted by Gasteiger charge is -2.25. The molecular formula is C23H28N6O15S2. The number of nitrogens with one attached hydrogen (secondary N) is 5. The quantitative estimate of drug-likeness (QED) is 0.0662. The maximum atomic E-state index is 13.0. The predicted molar refractivity (Wildman–Crippen MR) is 153 cm³/mol. The number of carboxylic acids is 5. The van der Waals surface area contributed by atoms with Crippen LogP contribution >= 0.6 is 12.2 Å². The summed E-state index contributed by atoms with van der Waals surface area (Å²) in [5.74, 6) is -12.6. The van der Waals surface area contributed by atoms with Gasteiger partial charge < -0.3 is 52.1 Å². The summed E-state index contributed by atoms with van der Waals surface area (Å²) in [6.07, 6.45) is -4.47. The second-order valence-corrected chi connectivity index (χ2v) is 11.1. The van der Waals surface area contributed by atoms with E-state index in [0.29, 0.717) is 0 Å². The summed E-state index contributed by atoms with van der Waals surface area (Å²) in [5, 5.41) is 60.6. The van der Waals surface area contributed by atoms with Crippen molar-refractivity contribution in [3.8, 4) is 0 Å². The van der Waals surface area contributed by atoms with Gasteiger partial charge in [-0.2, -0.15) is 0 Å². The summed E-state index contributed by atoms with van der Waals surface area (Å²) in [5.41, 5.74) is 0.166. The van der Waals surface area contributed by atoms with Crippen molar-refractivity contribution < 1.29 is 72.3 Å². The summed E-state index contributed by atoms with van der Waals surface area (Å²) in [7, 11) is -4.02. The number of benzene rings is 1. The lowest BCUT2D eigenvalue weighted by Crippen LogP contribution is -2.59. The molecule has 0 aromatic heterocycles. The average molecular weight is 693 g/mol. The number of rotatable bonds is 18. The Hall–Kier alpha value is -5.42. The molecule has 0 aliphatic carbocycles. The molecule has 21 nitrogen and oxygen atoms in total. The zero-order valence-corrected chi connectivity index (χ0v) is 24.8. The van der Waals surface area contributed by atoms with Crippen LogP contribution in [0.15, 0.2) is 29.2 Å². The Kier molecular flexibility index (Phi) is 14.4. The third-order valence-electron chi connectivity index (χ3n) is 5.46. The first-order chi connectivity index (χ1) is 21.2. The first-order valence-corrected chi connectivity index (χ1v) is 14.4. The number of amides is 3. The largest absolute Gasteiger partial charge is 0.481 e.